The third kappa shape index (κ3) is 1.76. The predicted molar refractivity (Wildman–Crippen MR) is 56.8 cm³/mol. The lowest BCUT2D eigenvalue weighted by Gasteiger charge is -2.22. The summed E-state index contributed by atoms with van der Waals surface area (Å²) >= 11 is 0. The molecule has 3 nitrogen and oxygen atoms in total. The van der Waals surface area contributed by atoms with Crippen LogP contribution >= 0.6 is 0 Å². The van der Waals surface area contributed by atoms with Crippen molar-refractivity contribution in [2.24, 2.45) is 0 Å². The van der Waals surface area contributed by atoms with Gasteiger partial charge in [0, 0.05) is 0 Å². The minimum atomic E-state index is -0.519. The second-order valence-electron chi connectivity index (χ2n) is 3.44. The van der Waals surface area contributed by atoms with Gasteiger partial charge in [0.15, 0.2) is 0 Å². The molecule has 0 amide bonds. The molecule has 0 bridgehead atoms. The van der Waals surface area contributed by atoms with Crippen molar-refractivity contribution in [3.05, 3.63) is 42.5 Å². The number of rotatable bonds is 3. The lowest BCUT2D eigenvalue weighted by molar-refractivity contribution is 0.0153. The first-order valence-corrected chi connectivity index (χ1v) is 4.80. The van der Waals surface area contributed by atoms with Crippen molar-refractivity contribution < 1.29 is 14.2 Å². The molecule has 1 aromatic rings. The summed E-state index contributed by atoms with van der Waals surface area (Å²) in [4.78, 5) is 0. The molecule has 0 radical (unpaired) electrons. The van der Waals surface area contributed by atoms with Crippen LogP contribution in [-0.4, -0.2) is 20.5 Å². The topological polar surface area (TPSA) is 27.7 Å². The first kappa shape index (κ1) is 10.2. The number of ether oxygens (including phenoxy) is 3. The Bertz CT molecular complexity index is 354. The molecule has 0 N–H and O–H groups in total. The predicted octanol–water partition coefficient (Wildman–Crippen LogP) is 2.08. The highest BCUT2D eigenvalue weighted by molar-refractivity contribution is 5.35. The molecule has 1 aliphatic rings. The third-order valence-corrected chi connectivity index (χ3v) is 2.60. The van der Waals surface area contributed by atoms with Crippen LogP contribution < -0.4 is 4.74 Å². The Morgan fingerprint density at radius 1 is 1.53 bits per heavy atom. The van der Waals surface area contributed by atoms with Gasteiger partial charge in [-0.1, -0.05) is 24.8 Å². The highest BCUT2D eigenvalue weighted by atomic mass is 16.7. The zero-order valence-electron chi connectivity index (χ0n) is 8.73. The van der Waals surface area contributed by atoms with Gasteiger partial charge in [-0.05, 0) is 17.7 Å². The van der Waals surface area contributed by atoms with Gasteiger partial charge in [-0.2, -0.15) is 0 Å². The molecule has 1 aliphatic heterocycles. The maximum Gasteiger partial charge on any atom is 0.148 e. The normalized spacial score (nSPS) is 25.1. The molecule has 1 heterocycles. The zero-order chi connectivity index (χ0) is 10.7. The Labute approximate surface area is 89.3 Å². The molecule has 0 spiro atoms. The summed E-state index contributed by atoms with van der Waals surface area (Å²) < 4.78 is 16.0. The fourth-order valence-corrected chi connectivity index (χ4v) is 1.67. The van der Waals surface area contributed by atoms with E-state index >= 15 is 0 Å². The molecule has 0 saturated carbocycles. The Kier molecular flexibility index (Phi) is 2.75. The van der Waals surface area contributed by atoms with Crippen LogP contribution in [0.5, 0.6) is 5.75 Å². The van der Waals surface area contributed by atoms with Gasteiger partial charge in [-0.3, -0.25) is 0 Å². The Balaban J connectivity index is 2.37. The van der Waals surface area contributed by atoms with E-state index in [1.807, 2.05) is 24.3 Å². The quantitative estimate of drug-likeness (QED) is 0.709. The van der Waals surface area contributed by atoms with Gasteiger partial charge in [0.1, 0.15) is 18.1 Å². The van der Waals surface area contributed by atoms with Crippen LogP contribution in [0.15, 0.2) is 36.9 Å². The van der Waals surface area contributed by atoms with Crippen LogP contribution in [0.25, 0.3) is 0 Å². The van der Waals surface area contributed by atoms with Crippen LogP contribution in [0, 0.1) is 0 Å². The van der Waals surface area contributed by atoms with Crippen LogP contribution in [0.2, 0.25) is 0 Å². The van der Waals surface area contributed by atoms with Crippen molar-refractivity contribution in [3.8, 4) is 5.75 Å². The van der Waals surface area contributed by atoms with E-state index in [9.17, 15) is 0 Å². The molecule has 1 aromatic carbocycles. The van der Waals surface area contributed by atoms with Crippen LogP contribution in [0.4, 0.5) is 0 Å². The number of benzene rings is 1. The standard InChI is InChI=1S/C12H14O3/c1-3-12(8-14-9-15-12)10-5-4-6-11(7-10)13-2/h3-7H,1,8-9H2,2H3/t12-/m0/s1. The van der Waals surface area contributed by atoms with Gasteiger partial charge in [0.25, 0.3) is 0 Å². The largest absolute Gasteiger partial charge is 0.497 e. The summed E-state index contributed by atoms with van der Waals surface area (Å²) in [5.41, 5.74) is 0.489. The first-order valence-electron chi connectivity index (χ1n) is 4.80. The van der Waals surface area contributed by atoms with E-state index in [1.165, 1.54) is 0 Å². The monoisotopic (exact) mass is 206 g/mol. The van der Waals surface area contributed by atoms with Crippen molar-refractivity contribution in [2.45, 2.75) is 5.60 Å². The van der Waals surface area contributed by atoms with E-state index in [1.54, 1.807) is 13.2 Å². The van der Waals surface area contributed by atoms with E-state index < -0.39 is 5.60 Å². The van der Waals surface area contributed by atoms with Crippen LogP contribution in [0.3, 0.4) is 0 Å². The fourth-order valence-electron chi connectivity index (χ4n) is 1.67. The van der Waals surface area contributed by atoms with Crippen molar-refractivity contribution >= 4 is 0 Å². The van der Waals surface area contributed by atoms with E-state index in [0.717, 1.165) is 11.3 Å². The SMILES string of the molecule is C=C[C@@]1(c2cccc(OC)c2)COCO1. The van der Waals surface area contributed by atoms with Gasteiger partial charge in [-0.25, -0.2) is 0 Å². The lowest BCUT2D eigenvalue weighted by Crippen LogP contribution is -2.25. The summed E-state index contributed by atoms with van der Waals surface area (Å²) in [6.07, 6.45) is 1.77. The molecular weight excluding hydrogens is 192 g/mol. The van der Waals surface area contributed by atoms with Gasteiger partial charge >= 0.3 is 0 Å². The van der Waals surface area contributed by atoms with Gasteiger partial charge < -0.3 is 14.2 Å². The van der Waals surface area contributed by atoms with Gasteiger partial charge in [-0.15, -0.1) is 0 Å². The fraction of sp³-hybridized carbons (Fsp3) is 0.333. The first-order chi connectivity index (χ1) is 7.30. The average molecular weight is 206 g/mol. The number of methoxy groups -OCH3 is 1. The molecule has 2 rings (SSSR count). The van der Waals surface area contributed by atoms with Crippen molar-refractivity contribution in [3.63, 3.8) is 0 Å². The summed E-state index contributed by atoms with van der Waals surface area (Å²) in [5.74, 6) is 0.809. The molecule has 3 heteroatoms. The summed E-state index contributed by atoms with van der Waals surface area (Å²) in [6.45, 7) is 4.61. The number of hydrogen-bond donors (Lipinski definition) is 0. The molecule has 1 fully saturated rings. The minimum Gasteiger partial charge on any atom is -0.497 e. The Morgan fingerprint density at radius 2 is 2.40 bits per heavy atom. The second kappa shape index (κ2) is 4.04. The number of hydrogen-bond acceptors (Lipinski definition) is 3. The average Bonchev–Trinajstić information content (AvgIpc) is 2.79. The van der Waals surface area contributed by atoms with Crippen molar-refractivity contribution in [2.75, 3.05) is 20.5 Å². The van der Waals surface area contributed by atoms with Crippen molar-refractivity contribution in [1.29, 1.82) is 0 Å². The van der Waals surface area contributed by atoms with E-state index in [4.69, 9.17) is 14.2 Å². The molecule has 1 saturated heterocycles. The highest BCUT2D eigenvalue weighted by Crippen LogP contribution is 2.33. The molecule has 80 valence electrons. The van der Waals surface area contributed by atoms with E-state index in [-0.39, 0.29) is 0 Å². The minimum absolute atomic E-state index is 0.309. The summed E-state index contributed by atoms with van der Waals surface area (Å²) in [5, 5.41) is 0. The molecule has 0 aromatic heterocycles. The second-order valence-corrected chi connectivity index (χ2v) is 3.44. The van der Waals surface area contributed by atoms with Gasteiger partial charge in [0.2, 0.25) is 0 Å². The molecule has 0 aliphatic carbocycles. The maximum atomic E-state index is 5.58. The molecule has 15 heavy (non-hydrogen) atoms. The maximum absolute atomic E-state index is 5.58. The van der Waals surface area contributed by atoms with Crippen LogP contribution in [-0.2, 0) is 15.1 Å². The molecule has 1 atom stereocenters. The van der Waals surface area contributed by atoms with Crippen molar-refractivity contribution in [1.82, 2.24) is 0 Å². The zero-order valence-corrected chi connectivity index (χ0v) is 8.73. The van der Waals surface area contributed by atoms with E-state index in [2.05, 4.69) is 6.58 Å². The smallest absolute Gasteiger partial charge is 0.148 e. The van der Waals surface area contributed by atoms with Gasteiger partial charge in [0.05, 0.1) is 13.7 Å². The Hall–Kier alpha value is -1.32. The lowest BCUT2D eigenvalue weighted by atomic mass is 9.95. The van der Waals surface area contributed by atoms with E-state index in [0.29, 0.717) is 13.4 Å². The molecule has 0 unspecified atom stereocenters. The Morgan fingerprint density at radius 3 is 3.00 bits per heavy atom. The van der Waals surface area contributed by atoms with Crippen LogP contribution in [0.1, 0.15) is 5.56 Å². The summed E-state index contributed by atoms with van der Waals surface area (Å²) in [6, 6.07) is 7.76. The molecular formula is C12H14O3. The summed E-state index contributed by atoms with van der Waals surface area (Å²) in [7, 11) is 1.64. The highest BCUT2D eigenvalue weighted by Gasteiger charge is 2.35. The third-order valence-electron chi connectivity index (χ3n) is 2.60.